The Balaban J connectivity index is 3.34. The lowest BCUT2D eigenvalue weighted by molar-refractivity contribution is 0.751. The first-order valence-electron chi connectivity index (χ1n) is 2.21. The lowest BCUT2D eigenvalue weighted by atomic mass is 10.6. The van der Waals surface area contributed by atoms with Crippen LogP contribution in [0.15, 0.2) is 21.5 Å². The zero-order valence-corrected chi connectivity index (χ0v) is 6.00. The standard InChI is InChI=1S/C4H4BrN3O/c5-3-1-2-4(9)8(6)7-3/h1-2H,6H2. The number of halogens is 1. The van der Waals surface area contributed by atoms with E-state index in [0.717, 1.165) is 4.79 Å². The molecule has 1 heterocycles. The lowest BCUT2D eigenvalue weighted by Gasteiger charge is -1.92. The van der Waals surface area contributed by atoms with E-state index < -0.39 is 0 Å². The molecule has 0 saturated heterocycles. The van der Waals surface area contributed by atoms with Gasteiger partial charge in [-0.25, -0.2) is 0 Å². The molecule has 0 aliphatic rings. The van der Waals surface area contributed by atoms with Gasteiger partial charge in [-0.1, -0.05) is 0 Å². The summed E-state index contributed by atoms with van der Waals surface area (Å²) in [6.45, 7) is 0. The van der Waals surface area contributed by atoms with Crippen LogP contribution in [0.2, 0.25) is 0 Å². The van der Waals surface area contributed by atoms with E-state index >= 15 is 0 Å². The minimum absolute atomic E-state index is 0.321. The molecule has 0 atom stereocenters. The fourth-order valence-electron chi connectivity index (χ4n) is 0.402. The molecule has 0 fully saturated rings. The maximum atomic E-state index is 10.5. The summed E-state index contributed by atoms with van der Waals surface area (Å²) in [6, 6.07) is 2.86. The van der Waals surface area contributed by atoms with Gasteiger partial charge >= 0.3 is 0 Å². The minimum Gasteiger partial charge on any atom is -0.320 e. The molecule has 0 unspecified atom stereocenters. The molecule has 0 bridgehead atoms. The van der Waals surface area contributed by atoms with Crippen molar-refractivity contribution in [2.24, 2.45) is 0 Å². The highest BCUT2D eigenvalue weighted by atomic mass is 79.9. The Morgan fingerprint density at radius 2 is 2.33 bits per heavy atom. The molecular weight excluding hydrogens is 186 g/mol. The van der Waals surface area contributed by atoms with E-state index in [4.69, 9.17) is 5.84 Å². The molecule has 4 nitrogen and oxygen atoms in total. The molecule has 0 aromatic carbocycles. The average Bonchev–Trinajstić information content (AvgIpc) is 1.80. The molecule has 9 heavy (non-hydrogen) atoms. The summed E-state index contributed by atoms with van der Waals surface area (Å²) in [7, 11) is 0. The Hall–Kier alpha value is -0.840. The Kier molecular flexibility index (Phi) is 1.52. The van der Waals surface area contributed by atoms with Gasteiger partial charge in [-0.3, -0.25) is 4.79 Å². The van der Waals surface area contributed by atoms with Gasteiger partial charge in [0, 0.05) is 6.07 Å². The molecule has 0 saturated carbocycles. The first-order chi connectivity index (χ1) is 4.20. The number of nitrogen functional groups attached to an aromatic ring is 1. The van der Waals surface area contributed by atoms with E-state index in [1.54, 1.807) is 0 Å². The maximum Gasteiger partial charge on any atom is 0.285 e. The maximum absolute atomic E-state index is 10.5. The van der Waals surface area contributed by atoms with Crippen molar-refractivity contribution >= 4 is 15.9 Å². The van der Waals surface area contributed by atoms with Gasteiger partial charge in [0.2, 0.25) is 0 Å². The molecule has 1 rings (SSSR count). The van der Waals surface area contributed by atoms with E-state index in [2.05, 4.69) is 21.0 Å². The van der Waals surface area contributed by atoms with Crippen molar-refractivity contribution in [3.05, 3.63) is 27.1 Å². The number of nitrogens with two attached hydrogens (primary N) is 1. The van der Waals surface area contributed by atoms with Gasteiger partial charge in [0.1, 0.15) is 4.60 Å². The van der Waals surface area contributed by atoms with Gasteiger partial charge in [0.25, 0.3) is 5.56 Å². The Morgan fingerprint density at radius 3 is 2.78 bits per heavy atom. The van der Waals surface area contributed by atoms with Gasteiger partial charge in [-0.15, -0.1) is 9.89 Å². The highest BCUT2D eigenvalue weighted by molar-refractivity contribution is 9.10. The van der Waals surface area contributed by atoms with Gasteiger partial charge in [0.15, 0.2) is 0 Å². The fraction of sp³-hybridized carbons (Fsp3) is 0. The highest BCUT2D eigenvalue weighted by Gasteiger charge is 1.89. The smallest absolute Gasteiger partial charge is 0.285 e. The monoisotopic (exact) mass is 189 g/mol. The van der Waals surface area contributed by atoms with Gasteiger partial charge in [0.05, 0.1) is 0 Å². The molecule has 1 aromatic heterocycles. The third-order valence-electron chi connectivity index (χ3n) is 0.793. The molecule has 1 aromatic rings. The number of hydrogen-bond acceptors (Lipinski definition) is 3. The number of hydrogen-bond donors (Lipinski definition) is 1. The van der Waals surface area contributed by atoms with E-state index in [-0.39, 0.29) is 5.56 Å². The van der Waals surface area contributed by atoms with Crippen molar-refractivity contribution in [1.29, 1.82) is 0 Å². The molecule has 0 aliphatic carbocycles. The molecule has 0 spiro atoms. The molecule has 0 radical (unpaired) electrons. The Morgan fingerprint density at radius 1 is 1.67 bits per heavy atom. The van der Waals surface area contributed by atoms with Crippen LogP contribution >= 0.6 is 15.9 Å². The van der Waals surface area contributed by atoms with Crippen LogP contribution in [0.25, 0.3) is 0 Å². The Bertz CT molecular complexity index is 269. The Labute approximate surface area is 59.4 Å². The lowest BCUT2D eigenvalue weighted by Crippen LogP contribution is -2.28. The zero-order valence-electron chi connectivity index (χ0n) is 4.41. The first kappa shape index (κ1) is 6.28. The van der Waals surface area contributed by atoms with Crippen molar-refractivity contribution in [2.45, 2.75) is 0 Å². The number of rotatable bonds is 0. The predicted molar refractivity (Wildman–Crippen MR) is 36.3 cm³/mol. The second kappa shape index (κ2) is 2.18. The summed E-state index contributed by atoms with van der Waals surface area (Å²) in [5, 5.41) is 3.57. The van der Waals surface area contributed by atoms with Gasteiger partial charge in [-0.2, -0.15) is 0 Å². The van der Waals surface area contributed by atoms with Crippen LogP contribution < -0.4 is 11.4 Å². The van der Waals surface area contributed by atoms with Crippen molar-refractivity contribution in [3.8, 4) is 0 Å². The van der Waals surface area contributed by atoms with Crippen LogP contribution in [-0.2, 0) is 0 Å². The topological polar surface area (TPSA) is 60.9 Å². The number of aromatic nitrogens is 2. The molecule has 2 N–H and O–H groups in total. The third kappa shape index (κ3) is 1.29. The summed E-state index contributed by atoms with van der Waals surface area (Å²) in [6.07, 6.45) is 0. The van der Waals surface area contributed by atoms with Crippen LogP contribution in [0.3, 0.4) is 0 Å². The highest BCUT2D eigenvalue weighted by Crippen LogP contribution is 1.97. The third-order valence-corrected chi connectivity index (χ3v) is 1.22. The fourth-order valence-corrected chi connectivity index (χ4v) is 0.705. The van der Waals surface area contributed by atoms with Crippen LogP contribution in [0.1, 0.15) is 0 Å². The van der Waals surface area contributed by atoms with Crippen LogP contribution in [0.5, 0.6) is 0 Å². The summed E-state index contributed by atoms with van der Waals surface area (Å²) in [5.74, 6) is 5.08. The summed E-state index contributed by atoms with van der Waals surface area (Å²) >= 11 is 3.05. The second-order valence-corrected chi connectivity index (χ2v) is 2.25. The normalized spacial score (nSPS) is 9.44. The minimum atomic E-state index is -0.321. The molecule has 5 heteroatoms. The zero-order chi connectivity index (χ0) is 6.85. The average molecular weight is 190 g/mol. The van der Waals surface area contributed by atoms with Crippen LogP contribution in [-0.4, -0.2) is 9.89 Å². The SMILES string of the molecule is Nn1nc(Br)ccc1=O. The van der Waals surface area contributed by atoms with Gasteiger partial charge < -0.3 is 5.84 Å². The number of nitrogens with zero attached hydrogens (tertiary/aromatic N) is 2. The molecule has 0 aliphatic heterocycles. The molecule has 48 valence electrons. The van der Waals surface area contributed by atoms with E-state index in [9.17, 15) is 4.79 Å². The quantitative estimate of drug-likeness (QED) is 0.572. The van der Waals surface area contributed by atoms with Crippen molar-refractivity contribution in [3.63, 3.8) is 0 Å². The summed E-state index contributed by atoms with van der Waals surface area (Å²) in [4.78, 5) is 11.3. The van der Waals surface area contributed by atoms with Crippen molar-refractivity contribution < 1.29 is 0 Å². The van der Waals surface area contributed by atoms with Crippen molar-refractivity contribution in [1.82, 2.24) is 9.89 Å². The van der Waals surface area contributed by atoms with E-state index in [0.29, 0.717) is 4.60 Å². The predicted octanol–water partition coefficient (Wildman–Crippen LogP) is -0.280. The summed E-state index contributed by atoms with van der Waals surface area (Å²) in [5.41, 5.74) is -0.321. The van der Waals surface area contributed by atoms with Crippen LogP contribution in [0, 0.1) is 0 Å². The van der Waals surface area contributed by atoms with Crippen LogP contribution in [0.4, 0.5) is 0 Å². The molecule has 0 amide bonds. The summed E-state index contributed by atoms with van der Waals surface area (Å²) < 4.78 is 0.546. The largest absolute Gasteiger partial charge is 0.320 e. The van der Waals surface area contributed by atoms with E-state index in [1.807, 2.05) is 0 Å². The first-order valence-corrected chi connectivity index (χ1v) is 3.00. The molecular formula is C4H4BrN3O. The van der Waals surface area contributed by atoms with Gasteiger partial charge in [-0.05, 0) is 22.0 Å². The second-order valence-electron chi connectivity index (χ2n) is 1.44. The van der Waals surface area contributed by atoms with E-state index in [1.165, 1.54) is 12.1 Å². The van der Waals surface area contributed by atoms with Crippen molar-refractivity contribution in [2.75, 3.05) is 5.84 Å².